The third kappa shape index (κ3) is 3.13. The first-order valence-electron chi connectivity index (χ1n) is 6.39. The Labute approximate surface area is 136 Å². The number of amides is 1. The van der Waals surface area contributed by atoms with E-state index in [2.05, 4.69) is 32.9 Å². The molecule has 0 saturated carbocycles. The summed E-state index contributed by atoms with van der Waals surface area (Å²) in [5.74, 6) is -0.148. The van der Waals surface area contributed by atoms with Crippen LogP contribution in [0.4, 0.5) is 5.69 Å². The normalized spacial score (nSPS) is 10.3. The van der Waals surface area contributed by atoms with Crippen molar-refractivity contribution < 1.29 is 4.79 Å². The molecule has 0 saturated heterocycles. The zero-order valence-corrected chi connectivity index (χ0v) is 13.2. The molecule has 0 bridgehead atoms. The number of carbonyl (C=O) groups is 1. The molecule has 5 heteroatoms. The molecule has 1 amide bonds. The van der Waals surface area contributed by atoms with Gasteiger partial charge in [-0.2, -0.15) is 0 Å². The molecular formula is C16H12IN3O. The maximum absolute atomic E-state index is 12.4. The molecule has 0 unspecified atom stereocenters. The Morgan fingerprint density at radius 2 is 1.90 bits per heavy atom. The number of hydrogen-bond donors (Lipinski definition) is 1. The Morgan fingerprint density at radius 1 is 1.10 bits per heavy atom. The molecule has 21 heavy (non-hydrogen) atoms. The number of carbonyl (C=O) groups excluding carboxylic acids is 1. The van der Waals surface area contributed by atoms with Crippen molar-refractivity contribution in [2.45, 2.75) is 0 Å². The number of benzene rings is 1. The molecule has 0 fully saturated rings. The maximum atomic E-state index is 12.4. The molecule has 0 atom stereocenters. The van der Waals surface area contributed by atoms with Crippen molar-refractivity contribution in [2.75, 3.05) is 5.32 Å². The third-order valence-electron chi connectivity index (χ3n) is 3.01. The third-order valence-corrected chi connectivity index (χ3v) is 3.68. The average Bonchev–Trinajstić information content (AvgIpc) is 2.98. The van der Waals surface area contributed by atoms with Crippen LogP contribution >= 0.6 is 22.6 Å². The van der Waals surface area contributed by atoms with Gasteiger partial charge in [-0.15, -0.1) is 0 Å². The standard InChI is InChI=1S/C16H12IN3O/c17-12-3-1-4-14(11-12)20-10-2-5-15(20)16(21)19-13-6-8-18-9-7-13/h1-11H,(H,18,19,21). The largest absolute Gasteiger partial charge is 0.321 e. The van der Waals surface area contributed by atoms with E-state index in [1.807, 2.05) is 41.1 Å². The lowest BCUT2D eigenvalue weighted by atomic mass is 10.3. The van der Waals surface area contributed by atoms with E-state index in [0.29, 0.717) is 5.69 Å². The Hall–Kier alpha value is -2.15. The SMILES string of the molecule is O=C(Nc1ccncc1)c1cccn1-c1cccc(I)c1. The average molecular weight is 389 g/mol. The topological polar surface area (TPSA) is 46.9 Å². The van der Waals surface area contributed by atoms with Crippen LogP contribution in [0.1, 0.15) is 10.5 Å². The molecule has 4 nitrogen and oxygen atoms in total. The van der Waals surface area contributed by atoms with Crippen LogP contribution in [0, 0.1) is 3.57 Å². The smallest absolute Gasteiger partial charge is 0.272 e. The minimum atomic E-state index is -0.148. The fraction of sp³-hybridized carbons (Fsp3) is 0. The first-order valence-corrected chi connectivity index (χ1v) is 7.46. The fourth-order valence-corrected chi connectivity index (χ4v) is 2.57. The van der Waals surface area contributed by atoms with E-state index in [9.17, 15) is 4.79 Å². The summed E-state index contributed by atoms with van der Waals surface area (Å²) < 4.78 is 3.00. The summed E-state index contributed by atoms with van der Waals surface area (Å²) in [6.07, 6.45) is 5.18. The van der Waals surface area contributed by atoms with Gasteiger partial charge in [-0.25, -0.2) is 0 Å². The summed E-state index contributed by atoms with van der Waals surface area (Å²) in [4.78, 5) is 16.3. The van der Waals surface area contributed by atoms with Gasteiger partial charge in [0.2, 0.25) is 0 Å². The molecule has 0 aliphatic carbocycles. The van der Waals surface area contributed by atoms with Crippen molar-refractivity contribution in [2.24, 2.45) is 0 Å². The number of anilines is 1. The molecule has 3 rings (SSSR count). The van der Waals surface area contributed by atoms with Crippen molar-refractivity contribution in [3.8, 4) is 5.69 Å². The second kappa shape index (κ2) is 6.09. The zero-order chi connectivity index (χ0) is 14.7. The van der Waals surface area contributed by atoms with Gasteiger partial charge in [-0.1, -0.05) is 6.07 Å². The molecule has 104 valence electrons. The van der Waals surface area contributed by atoms with Gasteiger partial charge >= 0.3 is 0 Å². The van der Waals surface area contributed by atoms with Crippen LogP contribution in [-0.2, 0) is 0 Å². The lowest BCUT2D eigenvalue weighted by molar-refractivity contribution is 0.102. The molecule has 0 spiro atoms. The lowest BCUT2D eigenvalue weighted by Gasteiger charge is -2.10. The van der Waals surface area contributed by atoms with Crippen LogP contribution in [0.5, 0.6) is 0 Å². The van der Waals surface area contributed by atoms with Crippen molar-refractivity contribution in [1.29, 1.82) is 0 Å². The van der Waals surface area contributed by atoms with Crippen molar-refractivity contribution in [3.05, 3.63) is 76.4 Å². The number of rotatable bonds is 3. The van der Waals surface area contributed by atoms with Crippen LogP contribution in [0.25, 0.3) is 5.69 Å². The summed E-state index contributed by atoms with van der Waals surface area (Å²) in [6, 6.07) is 15.2. The first-order chi connectivity index (χ1) is 10.2. The Balaban J connectivity index is 1.90. The Morgan fingerprint density at radius 3 is 2.67 bits per heavy atom. The van der Waals surface area contributed by atoms with Gasteiger partial charge in [0.1, 0.15) is 5.69 Å². The van der Waals surface area contributed by atoms with E-state index < -0.39 is 0 Å². The number of nitrogens with one attached hydrogen (secondary N) is 1. The minimum absolute atomic E-state index is 0.148. The second-order valence-corrected chi connectivity index (χ2v) is 5.68. The number of pyridine rings is 1. The number of aromatic nitrogens is 2. The molecule has 0 aliphatic rings. The van der Waals surface area contributed by atoms with E-state index in [4.69, 9.17) is 0 Å². The summed E-state index contributed by atoms with van der Waals surface area (Å²) >= 11 is 2.26. The highest BCUT2D eigenvalue weighted by Gasteiger charge is 2.12. The van der Waals surface area contributed by atoms with Gasteiger partial charge in [-0.3, -0.25) is 9.78 Å². The van der Waals surface area contributed by atoms with Gasteiger partial charge < -0.3 is 9.88 Å². The van der Waals surface area contributed by atoms with Crippen molar-refractivity contribution in [1.82, 2.24) is 9.55 Å². The molecule has 2 aromatic heterocycles. The molecule has 3 aromatic rings. The predicted octanol–water partition coefficient (Wildman–Crippen LogP) is 3.73. The fourth-order valence-electron chi connectivity index (χ4n) is 2.05. The highest BCUT2D eigenvalue weighted by Crippen LogP contribution is 2.17. The highest BCUT2D eigenvalue weighted by molar-refractivity contribution is 14.1. The monoisotopic (exact) mass is 389 g/mol. The molecule has 1 N–H and O–H groups in total. The molecule has 1 aromatic carbocycles. The molecule has 0 radical (unpaired) electrons. The second-order valence-electron chi connectivity index (χ2n) is 4.43. The molecular weight excluding hydrogens is 377 g/mol. The zero-order valence-electron chi connectivity index (χ0n) is 11.0. The lowest BCUT2D eigenvalue weighted by Crippen LogP contribution is -2.16. The van der Waals surface area contributed by atoms with E-state index in [1.54, 1.807) is 30.6 Å². The summed E-state index contributed by atoms with van der Waals surface area (Å²) in [6.45, 7) is 0. The van der Waals surface area contributed by atoms with E-state index >= 15 is 0 Å². The quantitative estimate of drug-likeness (QED) is 0.694. The van der Waals surface area contributed by atoms with Gasteiger partial charge in [-0.05, 0) is 65.1 Å². The first kappa shape index (κ1) is 13.8. The Bertz CT molecular complexity index is 768. The van der Waals surface area contributed by atoms with E-state index in [-0.39, 0.29) is 5.91 Å². The Kier molecular flexibility index (Phi) is 4.01. The number of halogens is 1. The van der Waals surface area contributed by atoms with E-state index in [0.717, 1.165) is 14.9 Å². The van der Waals surface area contributed by atoms with Gasteiger partial charge in [0, 0.05) is 33.5 Å². The summed E-state index contributed by atoms with van der Waals surface area (Å²) in [5.41, 5.74) is 2.28. The predicted molar refractivity (Wildman–Crippen MR) is 90.7 cm³/mol. The minimum Gasteiger partial charge on any atom is -0.321 e. The van der Waals surface area contributed by atoms with Crippen molar-refractivity contribution >= 4 is 34.2 Å². The summed E-state index contributed by atoms with van der Waals surface area (Å²) in [7, 11) is 0. The number of nitrogens with zero attached hydrogens (tertiary/aromatic N) is 2. The van der Waals surface area contributed by atoms with Gasteiger partial charge in [0.05, 0.1) is 0 Å². The molecule has 2 heterocycles. The maximum Gasteiger partial charge on any atom is 0.272 e. The summed E-state index contributed by atoms with van der Waals surface area (Å²) in [5, 5.41) is 2.87. The highest BCUT2D eigenvalue weighted by atomic mass is 127. The van der Waals surface area contributed by atoms with Gasteiger partial charge in [0.25, 0.3) is 5.91 Å². The van der Waals surface area contributed by atoms with Crippen LogP contribution in [-0.4, -0.2) is 15.5 Å². The van der Waals surface area contributed by atoms with Crippen molar-refractivity contribution in [3.63, 3.8) is 0 Å². The van der Waals surface area contributed by atoms with Crippen LogP contribution < -0.4 is 5.32 Å². The van der Waals surface area contributed by atoms with Crippen LogP contribution in [0.15, 0.2) is 67.1 Å². The number of hydrogen-bond acceptors (Lipinski definition) is 2. The van der Waals surface area contributed by atoms with Gasteiger partial charge in [0.15, 0.2) is 0 Å². The molecule has 0 aliphatic heterocycles. The van der Waals surface area contributed by atoms with E-state index in [1.165, 1.54) is 0 Å². The van der Waals surface area contributed by atoms with Crippen LogP contribution in [0.3, 0.4) is 0 Å². The van der Waals surface area contributed by atoms with Crippen LogP contribution in [0.2, 0.25) is 0 Å².